The maximum Gasteiger partial charge on any atom is 0.261 e. The normalized spacial score (nSPS) is 11.8. The molecule has 0 heterocycles. The molecule has 5 nitrogen and oxygen atoms in total. The van der Waals surface area contributed by atoms with E-state index in [2.05, 4.69) is 5.32 Å². The van der Waals surface area contributed by atoms with Gasteiger partial charge < -0.3 is 15.0 Å². The second-order valence-corrected chi connectivity index (χ2v) is 6.84. The summed E-state index contributed by atoms with van der Waals surface area (Å²) < 4.78 is 18.8. The van der Waals surface area contributed by atoms with Gasteiger partial charge in [0.05, 0.1) is 0 Å². The van der Waals surface area contributed by atoms with E-state index in [1.807, 2.05) is 39.0 Å². The zero-order valence-electron chi connectivity index (χ0n) is 16.5. The highest BCUT2D eigenvalue weighted by Crippen LogP contribution is 2.15. The van der Waals surface area contributed by atoms with Crippen LogP contribution in [-0.4, -0.2) is 35.4 Å². The summed E-state index contributed by atoms with van der Waals surface area (Å²) in [5.41, 5.74) is 0.741. The van der Waals surface area contributed by atoms with E-state index in [0.717, 1.165) is 5.56 Å². The molecule has 0 aliphatic rings. The average molecular weight is 386 g/mol. The average Bonchev–Trinajstić information content (AvgIpc) is 2.67. The highest BCUT2D eigenvalue weighted by atomic mass is 19.1. The summed E-state index contributed by atoms with van der Waals surface area (Å²) in [6, 6.07) is 14.3. The summed E-state index contributed by atoms with van der Waals surface area (Å²) in [6.45, 7) is 5.61. The smallest absolute Gasteiger partial charge is 0.261 e. The Bertz CT molecular complexity index is 763. The molecular formula is C22H27FN2O3. The first kappa shape index (κ1) is 21.4. The van der Waals surface area contributed by atoms with Crippen LogP contribution in [0.2, 0.25) is 0 Å². The summed E-state index contributed by atoms with van der Waals surface area (Å²) in [4.78, 5) is 27.1. The van der Waals surface area contributed by atoms with Crippen molar-refractivity contribution in [2.75, 3.05) is 6.61 Å². The fraction of sp³-hybridized carbons (Fsp3) is 0.364. The van der Waals surface area contributed by atoms with Gasteiger partial charge >= 0.3 is 0 Å². The molecule has 150 valence electrons. The molecular weight excluding hydrogens is 359 g/mol. The summed E-state index contributed by atoms with van der Waals surface area (Å²) in [6.07, 6.45) is 0.455. The number of para-hydroxylation sites is 1. The minimum absolute atomic E-state index is 0.0371. The Balaban J connectivity index is 2.18. The lowest BCUT2D eigenvalue weighted by molar-refractivity contribution is -0.143. The molecule has 2 rings (SSSR count). The number of hydrogen-bond acceptors (Lipinski definition) is 3. The summed E-state index contributed by atoms with van der Waals surface area (Å²) in [5.74, 6) is -0.289. The number of carbonyl (C=O) groups is 2. The van der Waals surface area contributed by atoms with Crippen molar-refractivity contribution in [3.8, 4) is 5.75 Å². The predicted octanol–water partition coefficient (Wildman–Crippen LogP) is 3.54. The molecule has 0 aliphatic carbocycles. The number of amides is 2. The number of ether oxygens (including phenoxy) is 1. The van der Waals surface area contributed by atoms with E-state index in [1.165, 1.54) is 17.0 Å². The van der Waals surface area contributed by atoms with Gasteiger partial charge in [-0.25, -0.2) is 4.39 Å². The van der Waals surface area contributed by atoms with Gasteiger partial charge in [-0.15, -0.1) is 0 Å². The van der Waals surface area contributed by atoms with Crippen molar-refractivity contribution in [2.24, 2.45) is 0 Å². The Labute approximate surface area is 165 Å². The van der Waals surface area contributed by atoms with E-state index >= 15 is 0 Å². The third-order valence-electron chi connectivity index (χ3n) is 4.19. The first-order valence-electron chi connectivity index (χ1n) is 9.42. The Morgan fingerprint density at radius 3 is 2.29 bits per heavy atom. The van der Waals surface area contributed by atoms with E-state index in [9.17, 15) is 14.0 Å². The van der Waals surface area contributed by atoms with Crippen molar-refractivity contribution in [1.82, 2.24) is 10.2 Å². The zero-order valence-corrected chi connectivity index (χ0v) is 16.5. The second kappa shape index (κ2) is 10.4. The Morgan fingerprint density at radius 1 is 1.07 bits per heavy atom. The van der Waals surface area contributed by atoms with Gasteiger partial charge in [0.25, 0.3) is 5.91 Å². The molecule has 0 saturated carbocycles. The monoisotopic (exact) mass is 386 g/mol. The van der Waals surface area contributed by atoms with Gasteiger partial charge in [-0.3, -0.25) is 9.59 Å². The van der Waals surface area contributed by atoms with Crippen molar-refractivity contribution >= 4 is 11.8 Å². The van der Waals surface area contributed by atoms with Crippen LogP contribution in [0.5, 0.6) is 5.75 Å². The molecule has 2 amide bonds. The summed E-state index contributed by atoms with van der Waals surface area (Å²) in [5, 5.41) is 2.86. The van der Waals surface area contributed by atoms with E-state index in [4.69, 9.17) is 4.74 Å². The standard InChI is InChI=1S/C22H27FN2O3/c1-4-20(22(27)24-16(2)3)25(14-17-10-12-18(23)13-11-17)21(26)15-28-19-8-6-5-7-9-19/h5-13,16,20H,4,14-15H2,1-3H3,(H,24,27)/t20-/m0/s1. The number of carbonyl (C=O) groups excluding carboxylic acids is 2. The van der Waals surface area contributed by atoms with Gasteiger partial charge in [0.1, 0.15) is 17.6 Å². The van der Waals surface area contributed by atoms with Crippen LogP contribution < -0.4 is 10.1 Å². The molecule has 0 fully saturated rings. The van der Waals surface area contributed by atoms with Crippen LogP contribution in [0, 0.1) is 5.82 Å². The van der Waals surface area contributed by atoms with Crippen molar-refractivity contribution in [3.63, 3.8) is 0 Å². The van der Waals surface area contributed by atoms with Crippen LogP contribution in [0.4, 0.5) is 4.39 Å². The molecule has 0 spiro atoms. The highest BCUT2D eigenvalue weighted by molar-refractivity contribution is 5.88. The first-order valence-corrected chi connectivity index (χ1v) is 9.42. The molecule has 1 N–H and O–H groups in total. The Kier molecular flexibility index (Phi) is 7.99. The molecule has 0 saturated heterocycles. The van der Waals surface area contributed by atoms with Crippen molar-refractivity contribution in [1.29, 1.82) is 0 Å². The van der Waals surface area contributed by atoms with Gasteiger partial charge in [-0.05, 0) is 50.1 Å². The minimum Gasteiger partial charge on any atom is -0.484 e. The molecule has 28 heavy (non-hydrogen) atoms. The van der Waals surface area contributed by atoms with E-state index in [0.29, 0.717) is 12.2 Å². The molecule has 1 atom stereocenters. The molecule has 0 bridgehead atoms. The lowest BCUT2D eigenvalue weighted by Gasteiger charge is -2.31. The number of nitrogens with one attached hydrogen (secondary N) is 1. The minimum atomic E-state index is -0.640. The summed E-state index contributed by atoms with van der Waals surface area (Å²) >= 11 is 0. The lowest BCUT2D eigenvalue weighted by Crippen LogP contribution is -2.51. The van der Waals surface area contributed by atoms with Crippen LogP contribution in [0.15, 0.2) is 54.6 Å². The number of hydrogen-bond donors (Lipinski definition) is 1. The van der Waals surface area contributed by atoms with Crippen LogP contribution in [0.25, 0.3) is 0 Å². The molecule has 6 heteroatoms. The van der Waals surface area contributed by atoms with Crippen LogP contribution in [-0.2, 0) is 16.1 Å². The fourth-order valence-electron chi connectivity index (χ4n) is 2.83. The van der Waals surface area contributed by atoms with Crippen LogP contribution in [0.1, 0.15) is 32.8 Å². The largest absolute Gasteiger partial charge is 0.484 e. The molecule has 0 unspecified atom stereocenters. The highest BCUT2D eigenvalue weighted by Gasteiger charge is 2.29. The fourth-order valence-corrected chi connectivity index (χ4v) is 2.83. The number of benzene rings is 2. The number of halogens is 1. The van der Waals surface area contributed by atoms with E-state index in [-0.39, 0.29) is 36.8 Å². The molecule has 0 radical (unpaired) electrons. The van der Waals surface area contributed by atoms with Gasteiger partial charge in [0.15, 0.2) is 6.61 Å². The SMILES string of the molecule is CC[C@@H](C(=O)NC(C)C)N(Cc1ccc(F)cc1)C(=O)COc1ccccc1. The third-order valence-corrected chi connectivity index (χ3v) is 4.19. The topological polar surface area (TPSA) is 58.6 Å². The van der Waals surface area contributed by atoms with Crippen molar-refractivity contribution in [3.05, 3.63) is 66.0 Å². The molecule has 0 aliphatic heterocycles. The summed E-state index contributed by atoms with van der Waals surface area (Å²) in [7, 11) is 0. The van der Waals surface area contributed by atoms with Gasteiger partial charge in [0.2, 0.25) is 5.91 Å². The Hall–Kier alpha value is -2.89. The quantitative estimate of drug-likeness (QED) is 0.717. The molecule has 2 aromatic rings. The Morgan fingerprint density at radius 2 is 1.71 bits per heavy atom. The first-order chi connectivity index (χ1) is 13.4. The van der Waals surface area contributed by atoms with Crippen molar-refractivity contribution < 1.29 is 18.7 Å². The maximum absolute atomic E-state index is 13.2. The molecule has 2 aromatic carbocycles. The lowest BCUT2D eigenvalue weighted by atomic mass is 10.1. The molecule has 0 aromatic heterocycles. The number of nitrogens with zero attached hydrogens (tertiary/aromatic N) is 1. The van der Waals surface area contributed by atoms with Crippen LogP contribution >= 0.6 is 0 Å². The van der Waals surface area contributed by atoms with Crippen LogP contribution in [0.3, 0.4) is 0 Å². The maximum atomic E-state index is 13.2. The van der Waals surface area contributed by atoms with Gasteiger partial charge in [-0.2, -0.15) is 0 Å². The van der Waals surface area contributed by atoms with Gasteiger partial charge in [-0.1, -0.05) is 37.3 Å². The zero-order chi connectivity index (χ0) is 20.5. The van der Waals surface area contributed by atoms with E-state index in [1.54, 1.807) is 24.3 Å². The third kappa shape index (κ3) is 6.37. The predicted molar refractivity (Wildman–Crippen MR) is 106 cm³/mol. The van der Waals surface area contributed by atoms with Gasteiger partial charge in [0, 0.05) is 12.6 Å². The van der Waals surface area contributed by atoms with E-state index < -0.39 is 6.04 Å². The second-order valence-electron chi connectivity index (χ2n) is 6.84. The van der Waals surface area contributed by atoms with Crippen molar-refractivity contribution in [2.45, 2.75) is 45.8 Å². The number of rotatable bonds is 9.